The second kappa shape index (κ2) is 10.6. The number of anilines is 1. The summed E-state index contributed by atoms with van der Waals surface area (Å²) in [7, 11) is -2.48. The Kier molecular flexibility index (Phi) is 7.30. The van der Waals surface area contributed by atoms with Crippen molar-refractivity contribution in [1.29, 1.82) is 0 Å². The molecule has 3 heterocycles. The van der Waals surface area contributed by atoms with Gasteiger partial charge in [0.15, 0.2) is 5.82 Å². The summed E-state index contributed by atoms with van der Waals surface area (Å²) < 4.78 is 54.7. The van der Waals surface area contributed by atoms with Gasteiger partial charge in [-0.25, -0.2) is 0 Å². The van der Waals surface area contributed by atoms with E-state index in [1.54, 1.807) is 42.2 Å². The first-order chi connectivity index (χ1) is 20.3. The maximum Gasteiger partial charge on any atom is 0.416 e. The molecule has 1 aliphatic heterocycles. The molecule has 4 aromatic rings. The predicted molar refractivity (Wildman–Crippen MR) is 159 cm³/mol. The second-order valence-electron chi connectivity index (χ2n) is 11.5. The molecular weight excluding hydrogens is 604 g/mol. The molecule has 9 nitrogen and oxygen atoms in total. The molecule has 2 aliphatic rings. The molecule has 2 aromatic heterocycles. The number of fused-ring (bicyclic) bond motifs is 3. The lowest BCUT2D eigenvalue weighted by Crippen LogP contribution is -2.42. The van der Waals surface area contributed by atoms with Gasteiger partial charge in [-0.2, -0.15) is 22.7 Å². The monoisotopic (exact) mass is 632 g/mol. The highest BCUT2D eigenvalue weighted by Crippen LogP contribution is 2.44. The van der Waals surface area contributed by atoms with Crippen molar-refractivity contribution < 1.29 is 22.5 Å². The largest absolute Gasteiger partial charge is 0.416 e. The topological polar surface area (TPSA) is 110 Å². The molecule has 0 atom stereocenters. The zero-order chi connectivity index (χ0) is 30.7. The molecule has 0 bridgehead atoms. The van der Waals surface area contributed by atoms with E-state index in [2.05, 4.69) is 20.7 Å². The van der Waals surface area contributed by atoms with Crippen LogP contribution in [0.2, 0.25) is 5.02 Å². The molecule has 1 aliphatic carbocycles. The molecule has 2 N–H and O–H groups in total. The molecule has 0 unspecified atom stereocenters. The number of nitrogens with one attached hydrogen (secondary N) is 2. The van der Waals surface area contributed by atoms with Gasteiger partial charge in [0, 0.05) is 27.5 Å². The highest BCUT2D eigenvalue weighted by molar-refractivity contribution is 7.70. The van der Waals surface area contributed by atoms with Crippen molar-refractivity contribution in [2.45, 2.75) is 43.8 Å². The van der Waals surface area contributed by atoms with Gasteiger partial charge in [-0.05, 0) is 70.3 Å². The van der Waals surface area contributed by atoms with Crippen LogP contribution >= 0.6 is 18.7 Å². The normalized spacial score (nSPS) is 16.5. The number of carbonyl (C=O) groups excluding carboxylic acids is 1. The second-order valence-corrected chi connectivity index (χ2v) is 15.2. The van der Waals surface area contributed by atoms with Crippen molar-refractivity contribution in [3.63, 3.8) is 0 Å². The Hall–Kier alpha value is -3.47. The summed E-state index contributed by atoms with van der Waals surface area (Å²) in [6.45, 7) is 4.62. The molecule has 0 radical (unpaired) electrons. The van der Waals surface area contributed by atoms with Crippen LogP contribution in [0.5, 0.6) is 0 Å². The van der Waals surface area contributed by atoms with Gasteiger partial charge in [-0.15, -0.1) is 5.10 Å². The smallest absolute Gasteiger partial charge is 0.323 e. The van der Waals surface area contributed by atoms with E-state index in [0.717, 1.165) is 50.6 Å². The van der Waals surface area contributed by atoms with E-state index in [1.807, 2.05) is 0 Å². The Morgan fingerprint density at radius 2 is 1.81 bits per heavy atom. The first-order valence-electron chi connectivity index (χ1n) is 13.8. The maximum absolute atomic E-state index is 14.0. The Morgan fingerprint density at radius 1 is 1.12 bits per heavy atom. The Balaban J connectivity index is 1.43. The maximum atomic E-state index is 14.0. The summed E-state index contributed by atoms with van der Waals surface area (Å²) in [4.78, 5) is 32.0. The molecule has 43 heavy (non-hydrogen) atoms. The summed E-state index contributed by atoms with van der Waals surface area (Å²) in [6, 6.07) is 9.73. The number of rotatable bonds is 5. The molecule has 0 saturated carbocycles. The van der Waals surface area contributed by atoms with Gasteiger partial charge in [0.25, 0.3) is 5.56 Å². The lowest BCUT2D eigenvalue weighted by Gasteiger charge is -2.34. The van der Waals surface area contributed by atoms with Crippen LogP contribution in [0.25, 0.3) is 17.2 Å². The third kappa shape index (κ3) is 5.41. The molecule has 1 spiro atoms. The van der Waals surface area contributed by atoms with E-state index in [0.29, 0.717) is 28.5 Å². The number of alkyl halides is 3. The van der Waals surface area contributed by atoms with Gasteiger partial charge in [0.1, 0.15) is 13.7 Å². The van der Waals surface area contributed by atoms with E-state index in [4.69, 9.17) is 11.6 Å². The summed E-state index contributed by atoms with van der Waals surface area (Å²) >= 11 is 6.09. The van der Waals surface area contributed by atoms with Crippen LogP contribution in [0.15, 0.2) is 47.3 Å². The van der Waals surface area contributed by atoms with Crippen LogP contribution in [-0.4, -0.2) is 51.5 Å². The fourth-order valence-corrected chi connectivity index (χ4v) is 7.26. The Morgan fingerprint density at radius 3 is 2.44 bits per heavy atom. The number of halogens is 4. The minimum Gasteiger partial charge on any atom is -0.323 e. The van der Waals surface area contributed by atoms with E-state index in [9.17, 15) is 27.3 Å². The zero-order valence-electron chi connectivity index (χ0n) is 23.5. The van der Waals surface area contributed by atoms with Crippen molar-refractivity contribution >= 4 is 41.4 Å². The summed E-state index contributed by atoms with van der Waals surface area (Å²) in [5, 5.41) is 11.0. The van der Waals surface area contributed by atoms with Crippen molar-refractivity contribution in [3.05, 3.63) is 74.7 Å². The summed E-state index contributed by atoms with van der Waals surface area (Å²) in [5.74, 6) is -0.0935. The van der Waals surface area contributed by atoms with Crippen molar-refractivity contribution in [1.82, 2.24) is 24.5 Å². The first-order valence-corrected chi connectivity index (χ1v) is 16.8. The van der Waals surface area contributed by atoms with Crippen LogP contribution < -0.4 is 21.5 Å². The van der Waals surface area contributed by atoms with Crippen LogP contribution in [0.4, 0.5) is 18.9 Å². The quantitative estimate of drug-likeness (QED) is 0.309. The van der Waals surface area contributed by atoms with Gasteiger partial charge < -0.3 is 19.8 Å². The fraction of sp³-hybridized carbons (Fsp3) is 0.379. The van der Waals surface area contributed by atoms with Crippen molar-refractivity contribution in [2.24, 2.45) is 0 Å². The molecule has 1 fully saturated rings. The highest BCUT2D eigenvalue weighted by atomic mass is 35.5. The number of carbonyl (C=O) groups is 1. The third-order valence-electron chi connectivity index (χ3n) is 8.40. The van der Waals surface area contributed by atoms with E-state index in [-0.39, 0.29) is 39.8 Å². The number of hydrogen-bond donors (Lipinski definition) is 2. The minimum atomic E-state index is -4.57. The van der Waals surface area contributed by atoms with Crippen molar-refractivity contribution in [3.8, 4) is 11.4 Å². The number of nitrogens with zero attached hydrogens (tertiary/aromatic N) is 4. The fourth-order valence-electron chi connectivity index (χ4n) is 6.16. The molecule has 14 heteroatoms. The Labute approximate surface area is 249 Å². The van der Waals surface area contributed by atoms with Gasteiger partial charge in [-0.3, -0.25) is 9.59 Å². The van der Waals surface area contributed by atoms with Gasteiger partial charge in [0.05, 0.1) is 16.3 Å². The minimum absolute atomic E-state index is 0.0367. The standard InChI is InChI=1S/C29H29ClF3N6O3P/c1-43(2,42)19-6-3-17(4-7-19)25-36-27-38(16-23(40)35-21-8-5-18(15-20(21)30)29(31,32)33)22-9-10-28(11-13-34-14-12-28)24(22)26(41)39(27)37-25/h3-8,15,34H,9-14,16H2,1-2H3,(H,35,40). The summed E-state index contributed by atoms with van der Waals surface area (Å²) in [6.07, 6.45) is -1.72. The molecule has 226 valence electrons. The molecule has 2 aromatic carbocycles. The van der Waals surface area contributed by atoms with Gasteiger partial charge >= 0.3 is 6.18 Å². The number of benzene rings is 2. The SMILES string of the molecule is CP(C)(=O)c1ccc(-c2nc3n(CC(=O)Nc4ccc(C(F)(F)F)cc4Cl)c4c(c(=O)n3n2)C2(CCNCC2)CC4)cc1. The van der Waals surface area contributed by atoms with Crippen LogP contribution in [-0.2, 0) is 33.9 Å². The molecular formula is C29H29ClF3N6O3P. The number of amides is 1. The van der Waals surface area contributed by atoms with E-state index in [1.165, 1.54) is 4.52 Å². The number of aromatic nitrogens is 4. The average molecular weight is 633 g/mol. The average Bonchev–Trinajstić information content (AvgIpc) is 3.55. The lowest BCUT2D eigenvalue weighted by atomic mass is 9.75. The van der Waals surface area contributed by atoms with Crippen LogP contribution in [0, 0.1) is 0 Å². The zero-order valence-corrected chi connectivity index (χ0v) is 25.1. The lowest BCUT2D eigenvalue weighted by molar-refractivity contribution is -0.137. The van der Waals surface area contributed by atoms with Crippen LogP contribution in [0.1, 0.15) is 36.1 Å². The van der Waals surface area contributed by atoms with Gasteiger partial charge in [0.2, 0.25) is 11.7 Å². The molecule has 1 amide bonds. The van der Waals surface area contributed by atoms with Crippen LogP contribution in [0.3, 0.4) is 0 Å². The van der Waals surface area contributed by atoms with E-state index >= 15 is 0 Å². The first kappa shape index (κ1) is 29.6. The number of piperidine rings is 1. The molecule has 6 rings (SSSR count). The number of hydrogen-bond acceptors (Lipinski definition) is 6. The predicted octanol–water partition coefficient (Wildman–Crippen LogP) is 4.68. The van der Waals surface area contributed by atoms with Gasteiger partial charge in [-0.1, -0.05) is 35.9 Å². The van der Waals surface area contributed by atoms with E-state index < -0.39 is 24.8 Å². The molecule has 1 saturated heterocycles. The summed E-state index contributed by atoms with van der Waals surface area (Å²) in [5.41, 5.74) is 0.449. The highest BCUT2D eigenvalue weighted by Gasteiger charge is 2.44. The Bertz CT molecular complexity index is 1860. The third-order valence-corrected chi connectivity index (χ3v) is 10.3. The van der Waals surface area contributed by atoms with Crippen molar-refractivity contribution in [2.75, 3.05) is 31.7 Å².